The molecule has 76 valence electrons. The van der Waals surface area contributed by atoms with E-state index in [0.717, 1.165) is 25.7 Å². The topological polar surface area (TPSA) is 66.6 Å². The summed E-state index contributed by atoms with van der Waals surface area (Å²) >= 11 is 0. The van der Waals surface area contributed by atoms with Gasteiger partial charge in [0.1, 0.15) is 0 Å². The lowest BCUT2D eigenvalue weighted by Gasteiger charge is -2.34. The van der Waals surface area contributed by atoms with Gasteiger partial charge in [0.15, 0.2) is 0 Å². The number of likely N-dealkylation sites (tertiary alicyclic amines) is 1. The summed E-state index contributed by atoms with van der Waals surface area (Å²) in [5.41, 5.74) is 5.67. The van der Waals surface area contributed by atoms with E-state index in [9.17, 15) is 4.79 Å². The Kier molecular flexibility index (Phi) is 3.54. The predicted molar refractivity (Wildman–Crippen MR) is 50.6 cm³/mol. The minimum atomic E-state index is -0.801. The molecule has 1 aliphatic heterocycles. The fourth-order valence-electron chi connectivity index (χ4n) is 1.93. The highest BCUT2D eigenvalue weighted by Gasteiger charge is 2.26. The monoisotopic (exact) mass is 186 g/mol. The van der Waals surface area contributed by atoms with Crippen LogP contribution in [0.5, 0.6) is 0 Å². The first-order valence-electron chi connectivity index (χ1n) is 4.86. The van der Waals surface area contributed by atoms with Crippen molar-refractivity contribution >= 4 is 6.09 Å². The molecule has 0 aliphatic carbocycles. The largest absolute Gasteiger partial charge is 0.465 e. The van der Waals surface area contributed by atoms with Gasteiger partial charge in [-0.25, -0.2) is 4.79 Å². The number of piperidine rings is 1. The average molecular weight is 186 g/mol. The molecule has 0 aromatic rings. The molecule has 3 N–H and O–H groups in total. The van der Waals surface area contributed by atoms with Crippen molar-refractivity contribution in [1.82, 2.24) is 4.90 Å². The van der Waals surface area contributed by atoms with Gasteiger partial charge in [-0.1, -0.05) is 0 Å². The number of hydrogen-bond donors (Lipinski definition) is 2. The minimum Gasteiger partial charge on any atom is -0.465 e. The molecular formula is C9H18N2O2. The fraction of sp³-hybridized carbons (Fsp3) is 0.889. The van der Waals surface area contributed by atoms with E-state index in [2.05, 4.69) is 0 Å². The Morgan fingerprint density at radius 2 is 2.38 bits per heavy atom. The van der Waals surface area contributed by atoms with Crippen LogP contribution < -0.4 is 5.73 Å². The van der Waals surface area contributed by atoms with Crippen molar-refractivity contribution in [3.05, 3.63) is 0 Å². The number of carbonyl (C=O) groups is 1. The van der Waals surface area contributed by atoms with Gasteiger partial charge in [-0.3, -0.25) is 0 Å². The van der Waals surface area contributed by atoms with Gasteiger partial charge in [0.2, 0.25) is 0 Å². The third-order valence-electron chi connectivity index (χ3n) is 2.52. The number of carboxylic acid groups (broad SMARTS) is 1. The predicted octanol–water partition coefficient (Wildman–Crippen LogP) is 1.26. The summed E-state index contributed by atoms with van der Waals surface area (Å²) in [6, 6.07) is 0.233. The maximum atomic E-state index is 10.8. The maximum absolute atomic E-state index is 10.8. The molecule has 4 heteroatoms. The summed E-state index contributed by atoms with van der Waals surface area (Å²) in [5, 5.41) is 8.91. The molecule has 2 atom stereocenters. The molecule has 13 heavy (non-hydrogen) atoms. The van der Waals surface area contributed by atoms with Crippen molar-refractivity contribution in [3.8, 4) is 0 Å². The van der Waals surface area contributed by atoms with E-state index in [1.54, 1.807) is 0 Å². The molecule has 2 unspecified atom stereocenters. The van der Waals surface area contributed by atoms with Gasteiger partial charge in [-0.2, -0.15) is 0 Å². The van der Waals surface area contributed by atoms with Gasteiger partial charge in [0.25, 0.3) is 0 Å². The molecule has 1 aliphatic rings. The van der Waals surface area contributed by atoms with Crippen LogP contribution in [-0.4, -0.2) is 34.7 Å². The van der Waals surface area contributed by atoms with Crippen LogP contribution in [0.2, 0.25) is 0 Å². The second kappa shape index (κ2) is 4.46. The van der Waals surface area contributed by atoms with E-state index < -0.39 is 6.09 Å². The highest BCUT2D eigenvalue weighted by molar-refractivity contribution is 5.65. The molecule has 0 aromatic heterocycles. The first-order chi connectivity index (χ1) is 6.11. The number of nitrogens with zero attached hydrogens (tertiary/aromatic N) is 1. The Labute approximate surface area is 78.7 Å². The van der Waals surface area contributed by atoms with E-state index in [-0.39, 0.29) is 12.1 Å². The highest BCUT2D eigenvalue weighted by Crippen LogP contribution is 2.20. The Balaban J connectivity index is 2.51. The van der Waals surface area contributed by atoms with Gasteiger partial charge in [0.05, 0.1) is 0 Å². The lowest BCUT2D eigenvalue weighted by Crippen LogP contribution is -2.45. The van der Waals surface area contributed by atoms with Gasteiger partial charge in [0, 0.05) is 18.6 Å². The first kappa shape index (κ1) is 10.3. The smallest absolute Gasteiger partial charge is 0.407 e. The van der Waals surface area contributed by atoms with Gasteiger partial charge < -0.3 is 15.7 Å². The number of hydrogen-bond acceptors (Lipinski definition) is 2. The highest BCUT2D eigenvalue weighted by atomic mass is 16.4. The van der Waals surface area contributed by atoms with Crippen LogP contribution in [0.4, 0.5) is 4.79 Å². The van der Waals surface area contributed by atoms with Crippen molar-refractivity contribution in [3.63, 3.8) is 0 Å². The molecule has 4 nitrogen and oxygen atoms in total. The molecule has 1 rings (SSSR count). The van der Waals surface area contributed by atoms with Crippen LogP contribution in [0, 0.1) is 0 Å². The average Bonchev–Trinajstić information content (AvgIpc) is 2.03. The summed E-state index contributed by atoms with van der Waals surface area (Å²) in [6.07, 6.45) is 3.06. The molecule has 1 amide bonds. The first-order valence-corrected chi connectivity index (χ1v) is 4.86. The Bertz CT molecular complexity index is 182. The number of rotatable bonds is 2. The normalized spacial score (nSPS) is 25.7. The van der Waals surface area contributed by atoms with Crippen LogP contribution >= 0.6 is 0 Å². The second-order valence-electron chi connectivity index (χ2n) is 3.84. The molecule has 0 bridgehead atoms. The van der Waals surface area contributed by atoms with Crippen molar-refractivity contribution < 1.29 is 9.90 Å². The second-order valence-corrected chi connectivity index (χ2v) is 3.84. The molecule has 1 heterocycles. The van der Waals surface area contributed by atoms with Gasteiger partial charge >= 0.3 is 6.09 Å². The third-order valence-corrected chi connectivity index (χ3v) is 2.52. The van der Waals surface area contributed by atoms with Gasteiger partial charge in [-0.15, -0.1) is 0 Å². The summed E-state index contributed by atoms with van der Waals surface area (Å²) in [5.74, 6) is 0. The Morgan fingerprint density at radius 3 is 2.92 bits per heavy atom. The summed E-state index contributed by atoms with van der Waals surface area (Å²) in [7, 11) is 0. The van der Waals surface area contributed by atoms with E-state index in [1.807, 2.05) is 6.92 Å². The molecule has 0 radical (unpaired) electrons. The maximum Gasteiger partial charge on any atom is 0.407 e. The zero-order chi connectivity index (χ0) is 9.84. The van der Waals surface area contributed by atoms with E-state index >= 15 is 0 Å². The van der Waals surface area contributed by atoms with Crippen LogP contribution in [0.3, 0.4) is 0 Å². The lowest BCUT2D eigenvalue weighted by molar-refractivity contribution is 0.101. The van der Waals surface area contributed by atoms with E-state index in [0.29, 0.717) is 6.54 Å². The summed E-state index contributed by atoms with van der Waals surface area (Å²) in [6.45, 7) is 2.60. The number of nitrogens with two attached hydrogens (primary N) is 1. The van der Waals surface area contributed by atoms with Crippen LogP contribution in [0.25, 0.3) is 0 Å². The zero-order valence-corrected chi connectivity index (χ0v) is 8.07. The lowest BCUT2D eigenvalue weighted by atomic mass is 9.97. The molecule has 0 aromatic carbocycles. The van der Waals surface area contributed by atoms with E-state index in [4.69, 9.17) is 10.8 Å². The van der Waals surface area contributed by atoms with E-state index in [1.165, 1.54) is 4.90 Å². The van der Waals surface area contributed by atoms with Crippen molar-refractivity contribution in [1.29, 1.82) is 0 Å². The molecule has 0 spiro atoms. The SMILES string of the molecule is CC(N)CC1CCCCN1C(=O)O. The van der Waals surface area contributed by atoms with Gasteiger partial charge in [-0.05, 0) is 32.6 Å². The molecule has 1 fully saturated rings. The standard InChI is InChI=1S/C9H18N2O2/c1-7(10)6-8-4-2-3-5-11(8)9(12)13/h7-8H,2-6,10H2,1H3,(H,12,13). The quantitative estimate of drug-likeness (QED) is 0.682. The summed E-state index contributed by atoms with van der Waals surface area (Å²) < 4.78 is 0. The van der Waals surface area contributed by atoms with Crippen molar-refractivity contribution in [2.45, 2.75) is 44.7 Å². The zero-order valence-electron chi connectivity index (χ0n) is 8.07. The van der Waals surface area contributed by atoms with Crippen LogP contribution in [-0.2, 0) is 0 Å². The van der Waals surface area contributed by atoms with Crippen LogP contribution in [0.15, 0.2) is 0 Å². The number of amides is 1. The van der Waals surface area contributed by atoms with Crippen LogP contribution in [0.1, 0.15) is 32.6 Å². The minimum absolute atomic E-state index is 0.0879. The third kappa shape index (κ3) is 2.88. The fourth-order valence-corrected chi connectivity index (χ4v) is 1.93. The summed E-state index contributed by atoms with van der Waals surface area (Å²) in [4.78, 5) is 12.4. The molecular weight excluding hydrogens is 168 g/mol. The molecule has 0 saturated carbocycles. The molecule has 1 saturated heterocycles. The van der Waals surface area contributed by atoms with Crippen molar-refractivity contribution in [2.24, 2.45) is 5.73 Å². The Hall–Kier alpha value is -0.770. The Morgan fingerprint density at radius 1 is 1.69 bits per heavy atom. The van der Waals surface area contributed by atoms with Crippen molar-refractivity contribution in [2.75, 3.05) is 6.54 Å².